The molecule has 5 aromatic rings. The quantitative estimate of drug-likeness (QED) is 0.379. The molecule has 0 saturated carbocycles. The second kappa shape index (κ2) is 8.76. The summed E-state index contributed by atoms with van der Waals surface area (Å²) in [4.78, 5) is 32.1. The monoisotopic (exact) mass is 454 g/mol. The molecule has 6 nitrogen and oxygen atoms in total. The molecule has 0 aliphatic carbocycles. The molecule has 33 heavy (non-hydrogen) atoms. The molecule has 0 bridgehead atoms. The van der Waals surface area contributed by atoms with E-state index in [0.29, 0.717) is 21.8 Å². The summed E-state index contributed by atoms with van der Waals surface area (Å²) < 4.78 is 2.00. The van der Waals surface area contributed by atoms with Gasteiger partial charge in [0.15, 0.2) is 0 Å². The van der Waals surface area contributed by atoms with Gasteiger partial charge in [0.05, 0.1) is 23.6 Å². The number of rotatable bonds is 5. The van der Waals surface area contributed by atoms with Crippen molar-refractivity contribution in [3.05, 3.63) is 130 Å². The molecule has 0 aliphatic rings. The average Bonchev–Trinajstić information content (AvgIpc) is 3.35. The highest BCUT2D eigenvalue weighted by atomic mass is 35.5. The molecule has 2 aromatic heterocycles. The lowest BCUT2D eigenvalue weighted by Crippen LogP contribution is -2.16. The molecule has 0 spiro atoms. The van der Waals surface area contributed by atoms with E-state index >= 15 is 0 Å². The Bertz CT molecular complexity index is 1480. The summed E-state index contributed by atoms with van der Waals surface area (Å²) in [6.45, 7) is 0. The van der Waals surface area contributed by atoms with Crippen molar-refractivity contribution in [1.29, 1.82) is 0 Å². The van der Waals surface area contributed by atoms with Crippen LogP contribution in [0, 0.1) is 0 Å². The van der Waals surface area contributed by atoms with E-state index in [1.807, 2.05) is 59.3 Å². The minimum absolute atomic E-state index is 0.168. The van der Waals surface area contributed by atoms with Crippen LogP contribution in [-0.2, 0) is 0 Å². The molecule has 0 fully saturated rings. The minimum Gasteiger partial charge on any atom is -0.326 e. The standard InChI is InChI=1S/C26H19ClN4O2/c27-20-9-6-17(7-10-20)25(31-13-12-28-16-31)19-8-11-22-21(14-19)23(15-24(32)29-22)30-26(33)18-4-2-1-3-5-18/h1-16,25H,(H2,29,30,32,33). The van der Waals surface area contributed by atoms with Gasteiger partial charge in [-0.2, -0.15) is 0 Å². The van der Waals surface area contributed by atoms with E-state index in [4.69, 9.17) is 11.6 Å². The van der Waals surface area contributed by atoms with Crippen LogP contribution in [0.15, 0.2) is 102 Å². The van der Waals surface area contributed by atoms with Crippen LogP contribution in [0.25, 0.3) is 10.9 Å². The number of fused-ring (bicyclic) bond motifs is 1. The molecule has 7 heteroatoms. The number of nitrogens with zero attached hydrogens (tertiary/aromatic N) is 2. The summed E-state index contributed by atoms with van der Waals surface area (Å²) in [5, 5.41) is 4.28. The zero-order valence-corrected chi connectivity index (χ0v) is 18.2. The number of aromatic amines is 1. The van der Waals surface area contributed by atoms with E-state index in [9.17, 15) is 9.59 Å². The van der Waals surface area contributed by atoms with Crippen molar-refractivity contribution in [2.45, 2.75) is 6.04 Å². The van der Waals surface area contributed by atoms with Crippen LogP contribution in [0.2, 0.25) is 5.02 Å². The molecule has 0 radical (unpaired) electrons. The number of imidazole rings is 1. The molecule has 2 N–H and O–H groups in total. The number of carbonyl (C=O) groups is 1. The third-order valence-corrected chi connectivity index (χ3v) is 5.73. The van der Waals surface area contributed by atoms with Gasteiger partial charge in [-0.15, -0.1) is 0 Å². The van der Waals surface area contributed by atoms with E-state index in [0.717, 1.165) is 16.5 Å². The molecule has 162 valence electrons. The fourth-order valence-electron chi connectivity index (χ4n) is 3.93. The Labute approximate surface area is 194 Å². The maximum Gasteiger partial charge on any atom is 0.255 e. The predicted molar refractivity (Wildman–Crippen MR) is 130 cm³/mol. The van der Waals surface area contributed by atoms with Crippen LogP contribution in [0.5, 0.6) is 0 Å². The zero-order valence-electron chi connectivity index (χ0n) is 17.4. The molecule has 0 saturated heterocycles. The van der Waals surface area contributed by atoms with Crippen molar-refractivity contribution < 1.29 is 4.79 Å². The lowest BCUT2D eigenvalue weighted by Gasteiger charge is -2.21. The first-order chi connectivity index (χ1) is 16.1. The number of hydrogen-bond donors (Lipinski definition) is 2. The van der Waals surface area contributed by atoms with Crippen LogP contribution in [0.3, 0.4) is 0 Å². The summed E-state index contributed by atoms with van der Waals surface area (Å²) in [6, 6.07) is 23.6. The maximum atomic E-state index is 12.8. The van der Waals surface area contributed by atoms with E-state index in [-0.39, 0.29) is 17.5 Å². The van der Waals surface area contributed by atoms with Gasteiger partial charge in [-0.05, 0) is 47.5 Å². The molecule has 2 heterocycles. The topological polar surface area (TPSA) is 79.8 Å². The van der Waals surface area contributed by atoms with E-state index in [1.165, 1.54) is 6.07 Å². The molecule has 3 aromatic carbocycles. The first-order valence-corrected chi connectivity index (χ1v) is 10.7. The molecule has 5 rings (SSSR count). The second-order valence-corrected chi connectivity index (χ2v) is 8.07. The second-order valence-electron chi connectivity index (χ2n) is 7.64. The van der Waals surface area contributed by atoms with Crippen molar-refractivity contribution in [3.63, 3.8) is 0 Å². The highest BCUT2D eigenvalue weighted by Gasteiger charge is 2.18. The first-order valence-electron chi connectivity index (χ1n) is 10.3. The van der Waals surface area contributed by atoms with Gasteiger partial charge in [-0.3, -0.25) is 9.59 Å². The van der Waals surface area contributed by atoms with Crippen LogP contribution in [0.4, 0.5) is 5.69 Å². The molecule has 1 amide bonds. The molecule has 1 unspecified atom stereocenters. The fraction of sp³-hybridized carbons (Fsp3) is 0.0385. The van der Waals surface area contributed by atoms with Crippen molar-refractivity contribution in [3.8, 4) is 0 Å². The molecular weight excluding hydrogens is 436 g/mol. The van der Waals surface area contributed by atoms with Gasteiger partial charge >= 0.3 is 0 Å². The summed E-state index contributed by atoms with van der Waals surface area (Å²) in [6.07, 6.45) is 5.38. The number of anilines is 1. The van der Waals surface area contributed by atoms with Gasteiger partial charge in [-0.1, -0.05) is 48.0 Å². The Hall–Kier alpha value is -4.16. The summed E-state index contributed by atoms with van der Waals surface area (Å²) in [5.74, 6) is -0.281. The van der Waals surface area contributed by atoms with E-state index < -0.39 is 0 Å². The van der Waals surface area contributed by atoms with Gasteiger partial charge < -0.3 is 14.9 Å². The Kier molecular flexibility index (Phi) is 5.50. The normalized spacial score (nSPS) is 11.9. The van der Waals surface area contributed by atoms with Crippen molar-refractivity contribution >= 4 is 34.1 Å². The summed E-state index contributed by atoms with van der Waals surface area (Å²) in [7, 11) is 0. The molecule has 1 atom stereocenters. The highest BCUT2D eigenvalue weighted by molar-refractivity contribution is 6.30. The summed E-state index contributed by atoms with van der Waals surface area (Å²) >= 11 is 6.11. The number of hydrogen-bond acceptors (Lipinski definition) is 3. The number of amides is 1. The fourth-order valence-corrected chi connectivity index (χ4v) is 4.06. The van der Waals surface area contributed by atoms with Crippen molar-refractivity contribution in [2.24, 2.45) is 0 Å². The SMILES string of the molecule is O=C(Nc1cc(=O)[nH]c2ccc(C(c3ccc(Cl)cc3)n3ccnc3)cc12)c1ccccc1. The van der Waals surface area contributed by atoms with Crippen LogP contribution in [0.1, 0.15) is 27.5 Å². The number of halogens is 1. The number of aromatic nitrogens is 3. The molecular formula is C26H19ClN4O2. The van der Waals surface area contributed by atoms with Gasteiger partial charge in [-0.25, -0.2) is 4.98 Å². The molecule has 0 aliphatic heterocycles. The smallest absolute Gasteiger partial charge is 0.255 e. The number of nitrogens with one attached hydrogen (secondary N) is 2. The largest absolute Gasteiger partial charge is 0.326 e. The van der Waals surface area contributed by atoms with Crippen LogP contribution in [-0.4, -0.2) is 20.4 Å². The Balaban J connectivity index is 1.62. The Morgan fingerprint density at radius 3 is 2.45 bits per heavy atom. The Morgan fingerprint density at radius 2 is 1.73 bits per heavy atom. The number of H-pyrrole nitrogens is 1. The van der Waals surface area contributed by atoms with Crippen LogP contribution < -0.4 is 10.9 Å². The Morgan fingerprint density at radius 1 is 0.970 bits per heavy atom. The van der Waals surface area contributed by atoms with Gasteiger partial charge in [0.25, 0.3) is 5.91 Å². The van der Waals surface area contributed by atoms with Gasteiger partial charge in [0.2, 0.25) is 5.56 Å². The van der Waals surface area contributed by atoms with Crippen molar-refractivity contribution in [1.82, 2.24) is 14.5 Å². The van der Waals surface area contributed by atoms with Crippen LogP contribution >= 0.6 is 11.6 Å². The number of pyridine rings is 1. The highest BCUT2D eigenvalue weighted by Crippen LogP contribution is 2.31. The summed E-state index contributed by atoms with van der Waals surface area (Å²) in [5.41, 5.74) is 3.29. The van der Waals surface area contributed by atoms with Crippen molar-refractivity contribution in [2.75, 3.05) is 5.32 Å². The number of carbonyl (C=O) groups excluding carboxylic acids is 1. The van der Waals surface area contributed by atoms with E-state index in [2.05, 4.69) is 15.3 Å². The average molecular weight is 455 g/mol. The first kappa shape index (κ1) is 20.7. The third-order valence-electron chi connectivity index (χ3n) is 5.48. The van der Waals surface area contributed by atoms with Gasteiger partial charge in [0.1, 0.15) is 0 Å². The predicted octanol–water partition coefficient (Wildman–Crippen LogP) is 5.27. The minimum atomic E-state index is -0.289. The lowest BCUT2D eigenvalue weighted by atomic mass is 9.96. The van der Waals surface area contributed by atoms with Gasteiger partial charge in [0, 0.05) is 34.4 Å². The number of benzene rings is 3. The zero-order chi connectivity index (χ0) is 22.8. The lowest BCUT2D eigenvalue weighted by molar-refractivity contribution is 0.102. The maximum absolute atomic E-state index is 12.8. The third kappa shape index (κ3) is 4.29. The van der Waals surface area contributed by atoms with E-state index in [1.54, 1.807) is 36.8 Å².